The zero-order chi connectivity index (χ0) is 20.8. The molecule has 0 spiro atoms. The van der Waals surface area contributed by atoms with E-state index in [1.165, 1.54) is 12.1 Å². The summed E-state index contributed by atoms with van der Waals surface area (Å²) in [6.45, 7) is 7.00. The molecule has 0 aliphatic carbocycles. The maximum atomic E-state index is 13.1. The smallest absolute Gasteiger partial charge is 0.260 e. The van der Waals surface area contributed by atoms with E-state index in [-0.39, 0.29) is 30.4 Å². The first kappa shape index (κ1) is 21.3. The van der Waals surface area contributed by atoms with Crippen molar-refractivity contribution < 1.29 is 13.9 Å². The fourth-order valence-electron chi connectivity index (χ4n) is 3.74. The number of hydrogen-bond donors (Lipinski definition) is 1. The topological polar surface area (TPSA) is 58.8 Å². The van der Waals surface area contributed by atoms with Gasteiger partial charge < -0.3 is 15.4 Å². The number of halogens is 1. The second-order valence-corrected chi connectivity index (χ2v) is 7.77. The molecule has 5 nitrogen and oxygen atoms in total. The second kappa shape index (κ2) is 9.85. The lowest BCUT2D eigenvalue weighted by Gasteiger charge is -2.44. The summed E-state index contributed by atoms with van der Waals surface area (Å²) in [4.78, 5) is 17.0. The molecule has 1 saturated heterocycles. The Balaban J connectivity index is 1.52. The van der Waals surface area contributed by atoms with Crippen LogP contribution in [0.15, 0.2) is 48.5 Å². The highest BCUT2D eigenvalue weighted by atomic mass is 19.1. The summed E-state index contributed by atoms with van der Waals surface area (Å²) in [5.41, 5.74) is 7.80. The molecule has 2 aromatic rings. The van der Waals surface area contributed by atoms with Crippen molar-refractivity contribution in [3.05, 3.63) is 65.5 Å². The summed E-state index contributed by atoms with van der Waals surface area (Å²) in [7, 11) is 0. The molecule has 0 radical (unpaired) electrons. The number of benzene rings is 2. The Morgan fingerprint density at radius 1 is 1.03 bits per heavy atom. The van der Waals surface area contributed by atoms with Crippen LogP contribution < -0.4 is 10.5 Å². The molecule has 29 heavy (non-hydrogen) atoms. The molecule has 0 bridgehead atoms. The molecule has 2 atom stereocenters. The molecule has 0 aromatic heterocycles. The van der Waals surface area contributed by atoms with Crippen molar-refractivity contribution in [1.82, 2.24) is 9.80 Å². The number of nitrogens with zero attached hydrogens (tertiary/aromatic N) is 2. The molecule has 0 unspecified atom stereocenters. The monoisotopic (exact) mass is 399 g/mol. The minimum Gasteiger partial charge on any atom is -0.484 e. The minimum absolute atomic E-state index is 0.00295. The average molecular weight is 400 g/mol. The first-order chi connectivity index (χ1) is 14.0. The number of hydrogen-bond acceptors (Lipinski definition) is 4. The van der Waals surface area contributed by atoms with Crippen LogP contribution in [-0.4, -0.2) is 54.0 Å². The van der Waals surface area contributed by atoms with E-state index in [4.69, 9.17) is 10.5 Å². The highest BCUT2D eigenvalue weighted by Crippen LogP contribution is 2.19. The summed E-state index contributed by atoms with van der Waals surface area (Å²) >= 11 is 0. The molecule has 0 saturated carbocycles. The number of carbonyl (C=O) groups is 1. The molecule has 3 rings (SSSR count). The van der Waals surface area contributed by atoms with Gasteiger partial charge in [0.1, 0.15) is 11.6 Å². The molecule has 6 heteroatoms. The number of carbonyl (C=O) groups excluding carboxylic acids is 1. The van der Waals surface area contributed by atoms with E-state index in [0.29, 0.717) is 18.8 Å². The molecule has 2 N–H and O–H groups in total. The molecular weight excluding hydrogens is 369 g/mol. The second-order valence-electron chi connectivity index (χ2n) is 7.77. The first-order valence-electron chi connectivity index (χ1n) is 10.2. The van der Waals surface area contributed by atoms with Gasteiger partial charge in [0.15, 0.2) is 6.61 Å². The van der Waals surface area contributed by atoms with Crippen molar-refractivity contribution in [2.75, 3.05) is 26.2 Å². The quantitative estimate of drug-likeness (QED) is 0.778. The summed E-state index contributed by atoms with van der Waals surface area (Å²) < 4.78 is 18.8. The SMILES string of the molecule is C[C@@H]1CN(C(=O)COc2ccc(CCN)cc2)[C@@H](C)CN1Cc1ccc(F)cc1. The van der Waals surface area contributed by atoms with Crippen LogP contribution >= 0.6 is 0 Å². The lowest BCUT2D eigenvalue weighted by Crippen LogP contribution is -2.58. The third kappa shape index (κ3) is 5.78. The van der Waals surface area contributed by atoms with E-state index >= 15 is 0 Å². The maximum absolute atomic E-state index is 13.1. The van der Waals surface area contributed by atoms with Crippen LogP contribution in [0.3, 0.4) is 0 Å². The van der Waals surface area contributed by atoms with Gasteiger partial charge in [0.2, 0.25) is 0 Å². The predicted octanol–water partition coefficient (Wildman–Crippen LogP) is 2.83. The van der Waals surface area contributed by atoms with E-state index in [9.17, 15) is 9.18 Å². The van der Waals surface area contributed by atoms with Gasteiger partial charge in [-0.05, 0) is 62.2 Å². The van der Waals surface area contributed by atoms with Crippen molar-refractivity contribution in [2.45, 2.75) is 38.9 Å². The zero-order valence-corrected chi connectivity index (χ0v) is 17.2. The Labute approximate surface area is 172 Å². The van der Waals surface area contributed by atoms with E-state index in [1.807, 2.05) is 41.3 Å². The van der Waals surface area contributed by atoms with Gasteiger partial charge in [0, 0.05) is 31.7 Å². The lowest BCUT2D eigenvalue weighted by atomic mass is 10.1. The van der Waals surface area contributed by atoms with Crippen molar-refractivity contribution >= 4 is 5.91 Å². The Morgan fingerprint density at radius 2 is 1.69 bits per heavy atom. The molecule has 156 valence electrons. The van der Waals surface area contributed by atoms with E-state index < -0.39 is 0 Å². The summed E-state index contributed by atoms with van der Waals surface area (Å²) in [6, 6.07) is 14.6. The van der Waals surface area contributed by atoms with Gasteiger partial charge in [-0.3, -0.25) is 9.69 Å². The molecule has 1 amide bonds. The third-order valence-electron chi connectivity index (χ3n) is 5.45. The van der Waals surface area contributed by atoms with Crippen molar-refractivity contribution in [2.24, 2.45) is 5.73 Å². The highest BCUT2D eigenvalue weighted by molar-refractivity contribution is 5.78. The zero-order valence-electron chi connectivity index (χ0n) is 17.2. The van der Waals surface area contributed by atoms with E-state index in [2.05, 4.69) is 18.7 Å². The van der Waals surface area contributed by atoms with Crippen LogP contribution in [0, 0.1) is 5.82 Å². The average Bonchev–Trinajstić information content (AvgIpc) is 2.71. The molecule has 2 aromatic carbocycles. The molecule has 1 heterocycles. The Kier molecular flexibility index (Phi) is 7.23. The van der Waals surface area contributed by atoms with E-state index in [1.54, 1.807) is 0 Å². The largest absolute Gasteiger partial charge is 0.484 e. The van der Waals surface area contributed by atoms with Gasteiger partial charge >= 0.3 is 0 Å². The van der Waals surface area contributed by atoms with Crippen LogP contribution in [-0.2, 0) is 17.8 Å². The van der Waals surface area contributed by atoms with Gasteiger partial charge in [-0.1, -0.05) is 24.3 Å². The number of piperazine rings is 1. The number of amides is 1. The third-order valence-corrected chi connectivity index (χ3v) is 5.45. The predicted molar refractivity (Wildman–Crippen MR) is 112 cm³/mol. The van der Waals surface area contributed by atoms with Crippen LogP contribution in [0.1, 0.15) is 25.0 Å². The van der Waals surface area contributed by atoms with Crippen LogP contribution in [0.25, 0.3) is 0 Å². The number of nitrogens with two attached hydrogens (primary N) is 1. The van der Waals surface area contributed by atoms with Gasteiger partial charge in [0.05, 0.1) is 0 Å². The maximum Gasteiger partial charge on any atom is 0.260 e. The van der Waals surface area contributed by atoms with Crippen molar-refractivity contribution in [1.29, 1.82) is 0 Å². The molecule has 1 fully saturated rings. The molecule has 1 aliphatic heterocycles. The summed E-state index contributed by atoms with van der Waals surface area (Å²) in [6.07, 6.45) is 0.830. The Hall–Kier alpha value is -2.44. The van der Waals surface area contributed by atoms with Gasteiger partial charge in [-0.25, -0.2) is 4.39 Å². The normalized spacial score (nSPS) is 19.9. The Bertz CT molecular complexity index is 795. The van der Waals surface area contributed by atoms with Gasteiger partial charge in [0.25, 0.3) is 5.91 Å². The van der Waals surface area contributed by atoms with Crippen molar-refractivity contribution in [3.63, 3.8) is 0 Å². The van der Waals surface area contributed by atoms with Crippen LogP contribution in [0.4, 0.5) is 4.39 Å². The lowest BCUT2D eigenvalue weighted by molar-refractivity contribution is -0.139. The number of ether oxygens (including phenoxy) is 1. The Morgan fingerprint density at radius 3 is 2.34 bits per heavy atom. The van der Waals surface area contributed by atoms with Gasteiger partial charge in [-0.2, -0.15) is 0 Å². The van der Waals surface area contributed by atoms with E-state index in [0.717, 1.165) is 30.6 Å². The fourth-order valence-corrected chi connectivity index (χ4v) is 3.74. The summed E-state index contributed by atoms with van der Waals surface area (Å²) in [5, 5.41) is 0. The van der Waals surface area contributed by atoms with Crippen molar-refractivity contribution in [3.8, 4) is 5.75 Å². The fraction of sp³-hybridized carbons (Fsp3) is 0.435. The van der Waals surface area contributed by atoms with Gasteiger partial charge in [-0.15, -0.1) is 0 Å². The first-order valence-corrected chi connectivity index (χ1v) is 10.2. The number of rotatable bonds is 7. The minimum atomic E-state index is -0.223. The van der Waals surface area contributed by atoms with Crippen LogP contribution in [0.2, 0.25) is 0 Å². The summed E-state index contributed by atoms with van der Waals surface area (Å²) in [5.74, 6) is 0.464. The standard InChI is InChI=1S/C23H30FN3O2/c1-17-14-27(18(2)13-26(17)15-20-3-7-21(24)8-4-20)23(28)16-29-22-9-5-19(6-10-22)11-12-25/h3-10,17-18H,11-16,25H2,1-2H3/t17-,18+/m1/s1. The van der Waals surface area contributed by atoms with Crippen LogP contribution in [0.5, 0.6) is 5.75 Å². The highest BCUT2D eigenvalue weighted by Gasteiger charge is 2.32. The molecule has 1 aliphatic rings. The molecular formula is C23H30FN3O2.